The fourth-order valence-corrected chi connectivity index (χ4v) is 4.49. The summed E-state index contributed by atoms with van der Waals surface area (Å²) in [6.07, 6.45) is 8.25. The van der Waals surface area contributed by atoms with E-state index in [4.69, 9.17) is 5.32 Å². The molecule has 32 heavy (non-hydrogen) atoms. The Hall–Kier alpha value is 1.18. The third kappa shape index (κ3) is 14.5. The average Bonchev–Trinajstić information content (AvgIpc) is 2.62. The van der Waals surface area contributed by atoms with Crippen molar-refractivity contribution in [3.63, 3.8) is 0 Å². The van der Waals surface area contributed by atoms with Crippen molar-refractivity contribution in [2.75, 3.05) is 6.26 Å². The molecule has 0 N–H and O–H groups in total. The predicted molar refractivity (Wildman–Crippen MR) is 151 cm³/mol. The van der Waals surface area contributed by atoms with Gasteiger partial charge in [0.25, 0.3) is 0 Å². The Bertz CT molecular complexity index is 578. The Labute approximate surface area is 259 Å². The van der Waals surface area contributed by atoms with Crippen molar-refractivity contribution < 1.29 is 58.2 Å². The molecule has 0 fully saturated rings. The van der Waals surface area contributed by atoms with Crippen LogP contribution in [0.4, 0.5) is 0 Å². The van der Waals surface area contributed by atoms with Crippen LogP contribution < -0.4 is 58.2 Å². The van der Waals surface area contributed by atoms with E-state index < -0.39 is 0 Å². The van der Waals surface area contributed by atoms with Gasteiger partial charge in [-0.15, -0.1) is 12.1 Å². The maximum absolute atomic E-state index is 5.17. The first-order chi connectivity index (χ1) is 13.9. The van der Waals surface area contributed by atoms with Crippen molar-refractivity contribution >= 4 is 12.6 Å². The van der Waals surface area contributed by atoms with Crippen LogP contribution in [-0.4, -0.2) is 11.8 Å². The second-order valence-electron chi connectivity index (χ2n) is 11.3. The zero-order chi connectivity index (χ0) is 25.8. The van der Waals surface area contributed by atoms with Gasteiger partial charge < -0.3 is 5.32 Å². The summed E-state index contributed by atoms with van der Waals surface area (Å²) in [5.41, 5.74) is 3.99. The van der Waals surface area contributed by atoms with E-state index in [0.29, 0.717) is 5.92 Å². The number of hydrogen-bond acceptors (Lipinski definition) is 1. The van der Waals surface area contributed by atoms with E-state index in [9.17, 15) is 0 Å². The van der Waals surface area contributed by atoms with Crippen LogP contribution in [0, 0.1) is 22.2 Å². The molecule has 0 spiro atoms. The Morgan fingerprint density at radius 1 is 0.844 bits per heavy atom. The Balaban J connectivity index is -0.000000737. The molecule has 0 unspecified atom stereocenters. The number of rotatable bonds is 10. The van der Waals surface area contributed by atoms with Crippen LogP contribution in [0.3, 0.4) is 0 Å². The molecule has 1 nitrogen and oxygen atoms in total. The van der Waals surface area contributed by atoms with E-state index in [1.807, 2.05) is 13.8 Å². The first-order valence-electron chi connectivity index (χ1n) is 12.1. The molecule has 0 aliphatic carbocycles. The summed E-state index contributed by atoms with van der Waals surface area (Å²) in [6, 6.07) is 0. The van der Waals surface area contributed by atoms with E-state index in [0.717, 1.165) is 18.5 Å². The quantitative estimate of drug-likeness (QED) is 0.217. The summed E-state index contributed by atoms with van der Waals surface area (Å²) in [7, 11) is 0. The summed E-state index contributed by atoms with van der Waals surface area (Å²) >= 11 is 3.53. The van der Waals surface area contributed by atoms with E-state index in [-0.39, 0.29) is 80.0 Å². The smallest absolute Gasteiger partial charge is 0.683 e. The van der Waals surface area contributed by atoms with Crippen LogP contribution in [0.5, 0.6) is 0 Å². The number of thiol groups is 1. The van der Waals surface area contributed by atoms with Gasteiger partial charge in [0.05, 0.1) is 0 Å². The van der Waals surface area contributed by atoms with Gasteiger partial charge in [-0.25, -0.2) is 0 Å². The van der Waals surface area contributed by atoms with Gasteiger partial charge in [0.2, 0.25) is 0 Å². The molecule has 0 rings (SSSR count). The fourth-order valence-electron chi connectivity index (χ4n) is 4.49. The van der Waals surface area contributed by atoms with E-state index >= 15 is 0 Å². The van der Waals surface area contributed by atoms with Crippen molar-refractivity contribution in [3.05, 3.63) is 40.9 Å². The van der Waals surface area contributed by atoms with E-state index in [1.54, 1.807) is 6.26 Å². The summed E-state index contributed by atoms with van der Waals surface area (Å²) in [6.45, 7) is 38.0. The minimum atomic E-state index is -0.151. The van der Waals surface area contributed by atoms with Gasteiger partial charge >= 0.3 is 58.2 Å². The first-order valence-corrected chi connectivity index (χ1v) is 13.0. The molecule has 3 heteroatoms. The third-order valence-corrected chi connectivity index (χ3v) is 6.43. The maximum atomic E-state index is 5.17. The van der Waals surface area contributed by atoms with Crippen LogP contribution in [0.15, 0.2) is 35.6 Å². The Morgan fingerprint density at radius 3 is 1.56 bits per heavy atom. The normalized spacial score (nSPS) is 13.3. The van der Waals surface area contributed by atoms with Gasteiger partial charge in [0.15, 0.2) is 0 Å². The van der Waals surface area contributed by atoms with Crippen LogP contribution in [-0.2, 0) is 0 Å². The van der Waals surface area contributed by atoms with Crippen molar-refractivity contribution in [3.8, 4) is 0 Å². The molecular weight excluding hydrogens is 480 g/mol. The molecule has 0 saturated heterocycles. The van der Waals surface area contributed by atoms with Crippen molar-refractivity contribution in [1.29, 1.82) is 0 Å². The zero-order valence-corrected chi connectivity index (χ0v) is 31.1. The first kappa shape index (κ1) is 40.3. The number of nitrogens with zero attached hydrogens (tertiary/aromatic N) is 1. The second-order valence-corrected chi connectivity index (χ2v) is 11.3. The van der Waals surface area contributed by atoms with Gasteiger partial charge in [-0.1, -0.05) is 107 Å². The summed E-state index contributed by atoms with van der Waals surface area (Å²) in [4.78, 5) is 0. The van der Waals surface area contributed by atoms with Gasteiger partial charge in [-0.3, -0.25) is 0 Å². The summed E-state index contributed by atoms with van der Waals surface area (Å²) in [5, 5.41) is 5.17. The molecule has 0 aromatic rings. The van der Waals surface area contributed by atoms with Gasteiger partial charge in [-0.05, 0) is 61.2 Å². The summed E-state index contributed by atoms with van der Waals surface area (Å²) in [5.74, 6) is 0.637. The second kappa shape index (κ2) is 17.6. The molecule has 186 valence electrons. The van der Waals surface area contributed by atoms with E-state index in [2.05, 4.69) is 121 Å². The summed E-state index contributed by atoms with van der Waals surface area (Å²) < 4.78 is 0. The molecule has 0 radical (unpaired) electrons. The molecule has 0 bridgehead atoms. The molecule has 0 atom stereocenters. The molecule has 0 saturated carbocycles. The molecular formula is C29H58NRbS. The topological polar surface area (TPSA) is 14.1 Å². The molecule has 0 aromatic carbocycles. The monoisotopic (exact) mass is 537 g/mol. The zero-order valence-electron chi connectivity index (χ0n) is 25.2. The SMILES string of the molecule is C=C([N-]C(C)(C)CC(C)(C)C(=C/C)/C(C)=C\C)C(C)(C)CC(C)(C)C(C)C.CC.CS.[Rb+]. The Morgan fingerprint density at radius 2 is 1.25 bits per heavy atom. The fraction of sp³-hybridized carbons (Fsp3) is 0.793. The minimum absolute atomic E-state index is 0. The van der Waals surface area contributed by atoms with Gasteiger partial charge in [0, 0.05) is 0 Å². The van der Waals surface area contributed by atoms with Gasteiger partial charge in [-0.2, -0.15) is 18.3 Å². The minimum Gasteiger partial charge on any atom is -0.683 e. The molecule has 0 amide bonds. The van der Waals surface area contributed by atoms with Crippen LogP contribution in [0.2, 0.25) is 0 Å². The number of hydrogen-bond donors (Lipinski definition) is 1. The van der Waals surface area contributed by atoms with Gasteiger partial charge in [0.1, 0.15) is 0 Å². The van der Waals surface area contributed by atoms with Crippen LogP contribution in [0.25, 0.3) is 5.32 Å². The van der Waals surface area contributed by atoms with Crippen molar-refractivity contribution in [1.82, 2.24) is 0 Å². The molecule has 0 aliphatic heterocycles. The van der Waals surface area contributed by atoms with Crippen LogP contribution in [0.1, 0.15) is 117 Å². The predicted octanol–water partition coefficient (Wildman–Crippen LogP) is 7.66. The molecule has 0 aliphatic rings. The largest absolute Gasteiger partial charge is 1.00 e. The third-order valence-electron chi connectivity index (χ3n) is 6.43. The van der Waals surface area contributed by atoms with Crippen molar-refractivity contribution in [2.24, 2.45) is 22.2 Å². The standard InChI is InChI=1S/C26H48N.C2H6.CH4S.Rb/c1-15-20(5)22(16-2)25(11,12)18-26(13,14)27-21(6)24(9,10)17-23(7,8)19(3)4;2*1-2;/h15-16,19H,6,17-18H2,1-5,7-14H3;1-2H3;2H,1H3;/q-1;;;+1/b20-15-,22-16+;;;. The number of allylic oxidation sites excluding steroid dienone is 5. The average molecular weight is 538 g/mol. The van der Waals surface area contributed by atoms with E-state index in [1.165, 1.54) is 11.1 Å². The van der Waals surface area contributed by atoms with Crippen molar-refractivity contribution in [2.45, 2.75) is 122 Å². The Kier molecular flexibility index (Phi) is 22.2. The maximum Gasteiger partial charge on any atom is 1.00 e. The van der Waals surface area contributed by atoms with Crippen LogP contribution >= 0.6 is 12.6 Å². The molecule has 0 aromatic heterocycles. The molecule has 0 heterocycles.